The van der Waals surface area contributed by atoms with Crippen molar-refractivity contribution in [3.8, 4) is 90.1 Å². The Morgan fingerprint density at radius 3 is 1.48 bits per heavy atom. The number of anilines is 3. The molecule has 0 radical (unpaired) electrons. The molecule has 0 bridgehead atoms. The van der Waals surface area contributed by atoms with Crippen LogP contribution < -0.4 is 39.9 Å². The number of benzene rings is 12. The molecule has 4 heterocycles. The standard InChI is InChI=1S/C83H53NO3Si/c1-5-6-22-53-49(4)82(63-28-15-10-23-55(53)63)64-29-16-11-26-58(64)60-37-35-51(45-68(60)82)62-46-73-76-81-78(62)87-75-43-48(3)42-74-80(75)88(81,52-20-8-7-9-21-52)79-71(84(76)70-39-33-47(2)41-72(70)85-73)40-38-54(77(79)86-74)50-34-36-61-59-27-14-19-32-67(59)83(69(61)44-50)65-30-17-12-24-56(65)57-25-13-18-31-66(57)83/h5-46H,1H2,2-4H3/b22-6-. The summed E-state index contributed by atoms with van der Waals surface area (Å²) in [6, 6.07) is 89.3. The molecule has 0 fully saturated rings. The number of aryl methyl sites for hydroxylation is 2. The molecule has 5 heteroatoms. The number of rotatable bonds is 5. The van der Waals surface area contributed by atoms with Crippen LogP contribution in [0.5, 0.6) is 34.5 Å². The molecule has 2 spiro atoms. The summed E-state index contributed by atoms with van der Waals surface area (Å²) in [6.45, 7) is 10.8. The van der Waals surface area contributed by atoms with Crippen LogP contribution >= 0.6 is 0 Å². The van der Waals surface area contributed by atoms with Gasteiger partial charge in [-0.3, -0.25) is 0 Å². The number of nitrogens with zero attached hydrogens (tertiary/aromatic N) is 1. The molecule has 2 atom stereocenters. The minimum Gasteiger partial charge on any atom is -0.457 e. The van der Waals surface area contributed by atoms with Gasteiger partial charge >= 0.3 is 0 Å². The van der Waals surface area contributed by atoms with E-state index in [2.05, 4.69) is 281 Å². The van der Waals surface area contributed by atoms with Gasteiger partial charge in [-0.25, -0.2) is 0 Å². The van der Waals surface area contributed by atoms with Crippen LogP contribution in [0.4, 0.5) is 17.1 Å². The summed E-state index contributed by atoms with van der Waals surface area (Å²) in [5, 5.41) is 4.77. The number of hydrogen-bond acceptors (Lipinski definition) is 4. The summed E-state index contributed by atoms with van der Waals surface area (Å²) in [5.41, 5.74) is 28.9. The van der Waals surface area contributed by atoms with E-state index >= 15 is 0 Å². The van der Waals surface area contributed by atoms with E-state index in [0.717, 1.165) is 90.1 Å². The van der Waals surface area contributed by atoms with E-state index in [1.807, 2.05) is 6.08 Å². The number of hydrogen-bond donors (Lipinski definition) is 0. The lowest BCUT2D eigenvalue weighted by Gasteiger charge is -2.52. The first-order chi connectivity index (χ1) is 43.3. The Labute approximate surface area is 511 Å². The average Bonchev–Trinajstić information content (AvgIpc) is 0.894. The van der Waals surface area contributed by atoms with Crippen molar-refractivity contribution in [1.29, 1.82) is 0 Å². The monoisotopic (exact) mass is 1140 g/mol. The van der Waals surface area contributed by atoms with Crippen LogP contribution in [0.3, 0.4) is 0 Å². The molecule has 4 nitrogen and oxygen atoms in total. The van der Waals surface area contributed by atoms with Gasteiger partial charge in [-0.15, -0.1) is 0 Å². The van der Waals surface area contributed by atoms with Gasteiger partial charge in [0.2, 0.25) is 8.07 Å². The van der Waals surface area contributed by atoms with Gasteiger partial charge in [0.1, 0.15) is 23.0 Å². The maximum absolute atomic E-state index is 7.83. The lowest BCUT2D eigenvalue weighted by molar-refractivity contribution is 0.457. The molecule has 8 aliphatic rings. The van der Waals surface area contributed by atoms with Gasteiger partial charge in [-0.2, -0.15) is 0 Å². The molecule has 12 aromatic carbocycles. The minimum atomic E-state index is -3.55. The first-order valence-electron chi connectivity index (χ1n) is 30.7. The maximum atomic E-state index is 7.83. The van der Waals surface area contributed by atoms with E-state index in [9.17, 15) is 0 Å². The third-order valence-corrected chi connectivity index (χ3v) is 25.9. The SMILES string of the molecule is C=C/C=C\C1=C(C)C2(c3ccccc31)c1ccccc1-c1ccc(-c3cc4c5c6c3Oc3cc(C)cc7c3[Si]6(c3ccccc3)c3c(ccc(-c6ccc8c(c6)C6(c9ccccc9-c9ccccc96)c6ccccc6-8)c3O7)N5c3ccc(C)cc3O4)cc12. The minimum absolute atomic E-state index is 0.516. The van der Waals surface area contributed by atoms with Gasteiger partial charge < -0.3 is 19.1 Å². The predicted octanol–water partition coefficient (Wildman–Crippen LogP) is 18.3. The summed E-state index contributed by atoms with van der Waals surface area (Å²) in [6.07, 6.45) is 6.20. The molecular weight excluding hydrogens is 1090 g/mol. The van der Waals surface area contributed by atoms with Crippen molar-refractivity contribution in [1.82, 2.24) is 0 Å². The van der Waals surface area contributed by atoms with Crippen LogP contribution in [0.15, 0.2) is 267 Å². The summed E-state index contributed by atoms with van der Waals surface area (Å²) in [7, 11) is -3.55. The van der Waals surface area contributed by atoms with Crippen molar-refractivity contribution in [3.63, 3.8) is 0 Å². The zero-order valence-corrected chi connectivity index (χ0v) is 49.6. The number of allylic oxidation sites excluding steroid dienone is 5. The fourth-order valence-corrected chi connectivity index (χ4v) is 23.3. The van der Waals surface area contributed by atoms with E-state index in [4.69, 9.17) is 14.2 Å². The Morgan fingerprint density at radius 2 is 0.864 bits per heavy atom. The Bertz CT molecular complexity index is 5270. The van der Waals surface area contributed by atoms with Gasteiger partial charge in [-0.1, -0.05) is 207 Å². The quantitative estimate of drug-likeness (QED) is 0.127. The smallest absolute Gasteiger partial charge is 0.203 e. The van der Waals surface area contributed by atoms with Crippen molar-refractivity contribution < 1.29 is 14.2 Å². The highest BCUT2D eigenvalue weighted by atomic mass is 28.3. The van der Waals surface area contributed by atoms with Crippen LogP contribution in [-0.2, 0) is 10.8 Å². The highest BCUT2D eigenvalue weighted by Crippen LogP contribution is 2.66. The van der Waals surface area contributed by atoms with Crippen LogP contribution in [0.25, 0.3) is 61.2 Å². The summed E-state index contributed by atoms with van der Waals surface area (Å²) < 4.78 is 23.1. The van der Waals surface area contributed by atoms with Crippen molar-refractivity contribution >= 4 is 51.5 Å². The molecule has 88 heavy (non-hydrogen) atoms. The fraction of sp³-hybridized carbons (Fsp3) is 0.0602. The molecule has 0 aromatic heterocycles. The first kappa shape index (κ1) is 48.5. The molecule has 4 aliphatic heterocycles. The lowest BCUT2D eigenvalue weighted by Crippen LogP contribution is -2.80. The summed E-state index contributed by atoms with van der Waals surface area (Å²) in [5.74, 6) is 5.04. The molecule has 0 saturated heterocycles. The van der Waals surface area contributed by atoms with Crippen molar-refractivity contribution in [2.24, 2.45) is 0 Å². The molecule has 4 aliphatic carbocycles. The third kappa shape index (κ3) is 5.60. The second-order valence-corrected chi connectivity index (χ2v) is 28.6. The lowest BCUT2D eigenvalue weighted by atomic mass is 9.70. The fourth-order valence-electron chi connectivity index (χ4n) is 17.8. The maximum Gasteiger partial charge on any atom is 0.203 e. The Kier molecular flexibility index (Phi) is 9.27. The first-order valence-corrected chi connectivity index (χ1v) is 32.7. The topological polar surface area (TPSA) is 30.9 Å². The van der Waals surface area contributed by atoms with Crippen LogP contribution in [0.1, 0.15) is 62.6 Å². The van der Waals surface area contributed by atoms with Gasteiger partial charge in [0.15, 0.2) is 11.5 Å². The largest absolute Gasteiger partial charge is 0.457 e. The van der Waals surface area contributed by atoms with Gasteiger partial charge in [-0.05, 0) is 192 Å². The van der Waals surface area contributed by atoms with E-state index in [0.29, 0.717) is 0 Å². The van der Waals surface area contributed by atoms with Crippen LogP contribution in [0, 0.1) is 13.8 Å². The molecule has 0 amide bonds. The Hall–Kier alpha value is -10.7. The number of fused-ring (bicyclic) bond motifs is 20. The van der Waals surface area contributed by atoms with Crippen molar-refractivity contribution in [2.75, 3.05) is 4.90 Å². The van der Waals surface area contributed by atoms with E-state index in [-0.39, 0.29) is 0 Å². The second kappa shape index (κ2) is 16.8. The molecule has 0 saturated carbocycles. The van der Waals surface area contributed by atoms with Gasteiger partial charge in [0.05, 0.1) is 27.9 Å². The second-order valence-electron chi connectivity index (χ2n) is 25.1. The van der Waals surface area contributed by atoms with Gasteiger partial charge in [0, 0.05) is 26.7 Å². The van der Waals surface area contributed by atoms with E-state index in [1.54, 1.807) is 0 Å². The Balaban J connectivity index is 0.888. The molecule has 412 valence electrons. The zero-order chi connectivity index (χ0) is 58.1. The average molecular weight is 1140 g/mol. The molecular formula is C83H53NO3Si. The predicted molar refractivity (Wildman–Crippen MR) is 359 cm³/mol. The summed E-state index contributed by atoms with van der Waals surface area (Å²) >= 11 is 0. The van der Waals surface area contributed by atoms with E-state index in [1.165, 1.54) is 105 Å². The normalized spacial score (nSPS) is 18.1. The highest BCUT2D eigenvalue weighted by Gasteiger charge is 2.62. The highest BCUT2D eigenvalue weighted by molar-refractivity contribution is 7.23. The summed E-state index contributed by atoms with van der Waals surface area (Å²) in [4.78, 5) is 2.49. The molecule has 12 aromatic rings. The molecule has 2 unspecified atom stereocenters. The van der Waals surface area contributed by atoms with Crippen LogP contribution in [-0.4, -0.2) is 8.07 Å². The van der Waals surface area contributed by atoms with Crippen molar-refractivity contribution in [2.45, 2.75) is 31.6 Å². The van der Waals surface area contributed by atoms with Gasteiger partial charge in [0.25, 0.3) is 0 Å². The van der Waals surface area contributed by atoms with E-state index < -0.39 is 18.9 Å². The van der Waals surface area contributed by atoms with Crippen molar-refractivity contribution in [3.05, 3.63) is 323 Å². The zero-order valence-electron chi connectivity index (χ0n) is 48.6. The molecule has 0 N–H and O–H groups in total. The number of ether oxygens (including phenoxy) is 3. The Morgan fingerprint density at radius 1 is 0.375 bits per heavy atom. The molecule has 20 rings (SSSR count). The van der Waals surface area contributed by atoms with Crippen LogP contribution in [0.2, 0.25) is 0 Å². The third-order valence-electron chi connectivity index (χ3n) is 21.0.